The lowest BCUT2D eigenvalue weighted by Crippen LogP contribution is -2.40. The van der Waals surface area contributed by atoms with E-state index in [1.54, 1.807) is 11.8 Å². The Morgan fingerprint density at radius 1 is 1.17 bits per heavy atom. The number of hydrogen-bond acceptors (Lipinski definition) is 3. The van der Waals surface area contributed by atoms with Gasteiger partial charge in [-0.05, 0) is 36.6 Å². The second-order valence-corrected chi connectivity index (χ2v) is 6.84. The topological polar surface area (TPSA) is 52.7 Å². The van der Waals surface area contributed by atoms with Crippen molar-refractivity contribution in [2.45, 2.75) is 19.5 Å². The molecule has 2 rings (SSSR count). The summed E-state index contributed by atoms with van der Waals surface area (Å²) in [6, 6.07) is 4.74. The number of carbonyl (C=O) groups is 2. The van der Waals surface area contributed by atoms with Crippen LogP contribution in [-0.2, 0) is 15.8 Å². The quantitative estimate of drug-likeness (QED) is 0.603. The molecular formula is C21H24F3N3O2. The lowest BCUT2D eigenvalue weighted by molar-refractivity contribution is -0.137. The second kappa shape index (κ2) is 10.1. The second-order valence-electron chi connectivity index (χ2n) is 6.84. The molecule has 1 aromatic carbocycles. The number of alkyl halides is 3. The van der Waals surface area contributed by atoms with Crippen molar-refractivity contribution in [2.75, 3.05) is 39.3 Å². The predicted octanol–water partition coefficient (Wildman–Crippen LogP) is 2.39. The van der Waals surface area contributed by atoms with Crippen LogP contribution in [-0.4, -0.2) is 60.9 Å². The molecule has 0 atom stereocenters. The van der Waals surface area contributed by atoms with Crippen LogP contribution in [0.1, 0.15) is 24.5 Å². The number of hydrogen-bond donors (Lipinski definition) is 1. The Bertz CT molecular complexity index is 795. The van der Waals surface area contributed by atoms with Crippen LogP contribution in [0.15, 0.2) is 30.3 Å². The van der Waals surface area contributed by atoms with Crippen LogP contribution in [0.2, 0.25) is 0 Å². The fourth-order valence-electron chi connectivity index (χ4n) is 3.04. The summed E-state index contributed by atoms with van der Waals surface area (Å²) in [5.41, 5.74) is 0.436. The third kappa shape index (κ3) is 6.95. The average molecular weight is 407 g/mol. The van der Waals surface area contributed by atoms with Crippen LogP contribution in [0.5, 0.6) is 0 Å². The lowest BCUT2D eigenvalue weighted by Gasteiger charge is -2.21. The maximum Gasteiger partial charge on any atom is 0.416 e. The van der Waals surface area contributed by atoms with Crippen LogP contribution in [0.25, 0.3) is 5.57 Å². The van der Waals surface area contributed by atoms with E-state index in [0.29, 0.717) is 37.3 Å². The molecular weight excluding hydrogens is 383 g/mol. The Morgan fingerprint density at radius 3 is 2.48 bits per heavy atom. The minimum Gasteiger partial charge on any atom is -0.344 e. The number of amides is 2. The van der Waals surface area contributed by atoms with Crippen molar-refractivity contribution in [3.05, 3.63) is 41.5 Å². The highest BCUT2D eigenvalue weighted by atomic mass is 19.4. The normalized spacial score (nSPS) is 16.1. The summed E-state index contributed by atoms with van der Waals surface area (Å²) < 4.78 is 38.0. The van der Waals surface area contributed by atoms with Crippen LogP contribution < -0.4 is 5.32 Å². The molecule has 0 aromatic heterocycles. The van der Waals surface area contributed by atoms with E-state index in [4.69, 9.17) is 6.42 Å². The molecule has 0 spiro atoms. The molecule has 1 N–H and O–H groups in total. The molecule has 2 amide bonds. The van der Waals surface area contributed by atoms with Gasteiger partial charge in [-0.1, -0.05) is 18.1 Å². The number of allylic oxidation sites excluding steroid dienone is 1. The molecule has 0 radical (unpaired) electrons. The highest BCUT2D eigenvalue weighted by Crippen LogP contribution is 2.30. The van der Waals surface area contributed by atoms with Gasteiger partial charge in [0.25, 0.3) is 0 Å². The van der Waals surface area contributed by atoms with Crippen molar-refractivity contribution in [2.24, 2.45) is 0 Å². The summed E-state index contributed by atoms with van der Waals surface area (Å²) in [5, 5.41) is 2.61. The third-order valence-electron chi connectivity index (χ3n) is 4.66. The molecule has 1 fully saturated rings. The first-order valence-corrected chi connectivity index (χ1v) is 9.28. The van der Waals surface area contributed by atoms with Gasteiger partial charge in [0.05, 0.1) is 18.7 Å². The Kier molecular flexibility index (Phi) is 7.85. The van der Waals surface area contributed by atoms with Gasteiger partial charge in [0, 0.05) is 32.3 Å². The van der Waals surface area contributed by atoms with Gasteiger partial charge in [0.15, 0.2) is 0 Å². The predicted molar refractivity (Wildman–Crippen MR) is 105 cm³/mol. The number of carbonyl (C=O) groups excluding carboxylic acids is 2. The first-order chi connectivity index (χ1) is 13.7. The van der Waals surface area contributed by atoms with Crippen molar-refractivity contribution in [1.82, 2.24) is 15.1 Å². The van der Waals surface area contributed by atoms with Crippen LogP contribution in [0.4, 0.5) is 13.2 Å². The number of halogens is 3. The summed E-state index contributed by atoms with van der Waals surface area (Å²) in [6.07, 6.45) is 2.90. The minimum absolute atomic E-state index is 0.152. The van der Waals surface area contributed by atoms with Gasteiger partial charge in [0.1, 0.15) is 0 Å². The van der Waals surface area contributed by atoms with Crippen LogP contribution in [0, 0.1) is 12.3 Å². The van der Waals surface area contributed by atoms with Crippen molar-refractivity contribution in [1.29, 1.82) is 0 Å². The molecule has 29 heavy (non-hydrogen) atoms. The van der Waals surface area contributed by atoms with Crippen LogP contribution >= 0.6 is 0 Å². The van der Waals surface area contributed by atoms with Gasteiger partial charge in [-0.2, -0.15) is 13.2 Å². The van der Waals surface area contributed by atoms with E-state index in [1.807, 2.05) is 4.90 Å². The fourth-order valence-corrected chi connectivity index (χ4v) is 3.04. The molecule has 1 aromatic rings. The van der Waals surface area contributed by atoms with E-state index >= 15 is 0 Å². The zero-order chi connectivity index (χ0) is 21.4. The molecule has 1 aliphatic rings. The highest BCUT2D eigenvalue weighted by molar-refractivity contribution is 5.94. The number of rotatable bonds is 5. The minimum atomic E-state index is -4.39. The fraction of sp³-hybridized carbons (Fsp3) is 0.429. The summed E-state index contributed by atoms with van der Waals surface area (Å²) in [7, 11) is 0. The molecule has 1 heterocycles. The maximum absolute atomic E-state index is 12.7. The van der Waals surface area contributed by atoms with E-state index < -0.39 is 11.7 Å². The maximum atomic E-state index is 12.7. The van der Waals surface area contributed by atoms with E-state index in [2.05, 4.69) is 11.2 Å². The monoisotopic (exact) mass is 407 g/mol. The zero-order valence-electron chi connectivity index (χ0n) is 16.3. The molecule has 5 nitrogen and oxygen atoms in total. The van der Waals surface area contributed by atoms with E-state index in [0.717, 1.165) is 18.6 Å². The molecule has 8 heteroatoms. The molecule has 0 unspecified atom stereocenters. The molecule has 156 valence electrons. The summed E-state index contributed by atoms with van der Waals surface area (Å²) in [4.78, 5) is 28.0. The van der Waals surface area contributed by atoms with E-state index in [-0.39, 0.29) is 24.9 Å². The van der Waals surface area contributed by atoms with Crippen molar-refractivity contribution in [3.63, 3.8) is 0 Å². The number of nitrogens with one attached hydrogen (secondary N) is 1. The summed E-state index contributed by atoms with van der Waals surface area (Å²) in [5.74, 6) is 2.00. The molecule has 1 aliphatic heterocycles. The number of nitrogens with zero attached hydrogens (tertiary/aromatic N) is 2. The van der Waals surface area contributed by atoms with Gasteiger partial charge in [-0.15, -0.1) is 6.42 Å². The van der Waals surface area contributed by atoms with Crippen molar-refractivity contribution in [3.8, 4) is 12.3 Å². The lowest BCUT2D eigenvalue weighted by atomic mass is 10.0. The Labute approximate surface area is 168 Å². The average Bonchev–Trinajstić information content (AvgIpc) is 2.91. The third-order valence-corrected chi connectivity index (χ3v) is 4.66. The van der Waals surface area contributed by atoms with Gasteiger partial charge in [-0.3, -0.25) is 14.5 Å². The first-order valence-electron chi connectivity index (χ1n) is 9.28. The number of benzene rings is 1. The van der Waals surface area contributed by atoms with Crippen LogP contribution in [0.3, 0.4) is 0 Å². The van der Waals surface area contributed by atoms with E-state index in [1.165, 1.54) is 18.2 Å². The number of terminal acetylenes is 1. The Morgan fingerprint density at radius 2 is 1.86 bits per heavy atom. The van der Waals surface area contributed by atoms with Gasteiger partial charge < -0.3 is 10.2 Å². The van der Waals surface area contributed by atoms with Gasteiger partial charge >= 0.3 is 6.18 Å². The van der Waals surface area contributed by atoms with E-state index in [9.17, 15) is 22.8 Å². The highest BCUT2D eigenvalue weighted by Gasteiger charge is 2.30. The summed E-state index contributed by atoms with van der Waals surface area (Å²) >= 11 is 0. The first kappa shape index (κ1) is 22.5. The molecule has 0 aliphatic carbocycles. The molecule has 0 saturated carbocycles. The standard InChI is InChI=1S/C21H24F3N3O2/c1-3-9-25-19(28)15-26-10-4-11-27(13-12-26)20(29)14-16(2)17-5-7-18(8-6-17)21(22,23)24/h1,5-8,14H,4,9-13,15H2,2H3,(H,25,28). The van der Waals surface area contributed by atoms with Crippen molar-refractivity contribution >= 4 is 17.4 Å². The SMILES string of the molecule is C#CCNC(=O)CN1CCCN(C(=O)C=C(C)c2ccc(C(F)(F)F)cc2)CC1. The van der Waals surface area contributed by atoms with Crippen molar-refractivity contribution < 1.29 is 22.8 Å². The van der Waals surface area contributed by atoms with Gasteiger partial charge in [-0.25, -0.2) is 0 Å². The molecule has 0 bridgehead atoms. The zero-order valence-corrected chi connectivity index (χ0v) is 16.3. The summed E-state index contributed by atoms with van der Waals surface area (Å²) in [6.45, 7) is 4.38. The molecule has 1 saturated heterocycles. The Balaban J connectivity index is 1.94. The Hall–Kier alpha value is -2.79. The smallest absolute Gasteiger partial charge is 0.344 e. The van der Waals surface area contributed by atoms with Gasteiger partial charge in [0.2, 0.25) is 11.8 Å². The largest absolute Gasteiger partial charge is 0.416 e.